The normalized spacial score (nSPS) is 10.2. The summed E-state index contributed by atoms with van der Waals surface area (Å²) in [7, 11) is 0. The Morgan fingerprint density at radius 2 is 1.89 bits per heavy atom. The molecule has 0 saturated heterocycles. The molecular weight excluding hydrogens is 240 g/mol. The van der Waals surface area contributed by atoms with E-state index in [1.54, 1.807) is 13.8 Å². The summed E-state index contributed by atoms with van der Waals surface area (Å²) < 4.78 is 4.78. The van der Waals surface area contributed by atoms with Crippen LogP contribution in [0.15, 0.2) is 16.5 Å². The van der Waals surface area contributed by atoms with Crippen LogP contribution >= 0.6 is 0 Å². The van der Waals surface area contributed by atoms with Crippen LogP contribution in [0, 0.1) is 0 Å². The van der Waals surface area contributed by atoms with Crippen LogP contribution in [-0.4, -0.2) is 35.5 Å². The highest BCUT2D eigenvalue weighted by Crippen LogP contribution is 2.07. The first-order chi connectivity index (χ1) is 8.40. The Balaban J connectivity index is 2.50. The van der Waals surface area contributed by atoms with Crippen molar-refractivity contribution in [1.82, 2.24) is 10.6 Å². The maximum atomic E-state index is 11.5. The van der Waals surface area contributed by atoms with Crippen molar-refractivity contribution in [3.05, 3.63) is 23.7 Å². The first-order valence-corrected chi connectivity index (χ1v) is 5.31. The highest BCUT2D eigenvalue weighted by Gasteiger charge is 2.15. The van der Waals surface area contributed by atoms with Gasteiger partial charge < -0.3 is 20.2 Å². The van der Waals surface area contributed by atoms with Crippen LogP contribution in [0.3, 0.4) is 0 Å². The minimum atomic E-state index is -1.26. The lowest BCUT2D eigenvalue weighted by Crippen LogP contribution is -2.39. The van der Waals surface area contributed by atoms with E-state index in [1.807, 2.05) is 0 Å². The zero-order chi connectivity index (χ0) is 13.7. The monoisotopic (exact) mass is 254 g/mol. The average Bonchev–Trinajstić information content (AvgIpc) is 2.74. The van der Waals surface area contributed by atoms with Gasteiger partial charge >= 0.3 is 5.97 Å². The zero-order valence-electron chi connectivity index (χ0n) is 10.0. The third-order valence-electron chi connectivity index (χ3n) is 1.90. The van der Waals surface area contributed by atoms with Crippen LogP contribution in [0.25, 0.3) is 0 Å². The molecule has 0 radical (unpaired) electrons. The molecule has 1 heterocycles. The van der Waals surface area contributed by atoms with Crippen LogP contribution in [-0.2, 0) is 4.79 Å². The van der Waals surface area contributed by atoms with Gasteiger partial charge in [-0.05, 0) is 26.0 Å². The molecule has 0 spiro atoms. The van der Waals surface area contributed by atoms with Gasteiger partial charge in [-0.15, -0.1) is 0 Å². The molecule has 0 atom stereocenters. The second kappa shape index (κ2) is 5.85. The van der Waals surface area contributed by atoms with Crippen molar-refractivity contribution in [2.24, 2.45) is 0 Å². The average molecular weight is 254 g/mol. The van der Waals surface area contributed by atoms with E-state index in [9.17, 15) is 14.4 Å². The Kier molecular flexibility index (Phi) is 4.47. The van der Waals surface area contributed by atoms with Crippen molar-refractivity contribution in [3.8, 4) is 0 Å². The smallest absolute Gasteiger partial charge is 0.371 e. The molecule has 0 fully saturated rings. The molecular formula is C11H14N2O5. The van der Waals surface area contributed by atoms with Gasteiger partial charge in [0, 0.05) is 6.04 Å². The highest BCUT2D eigenvalue weighted by atomic mass is 16.4. The minimum absolute atomic E-state index is 0.0170. The zero-order valence-corrected chi connectivity index (χ0v) is 10.0. The van der Waals surface area contributed by atoms with Crippen LogP contribution < -0.4 is 10.6 Å². The number of carboxylic acids is 1. The molecule has 0 unspecified atom stereocenters. The summed E-state index contributed by atoms with van der Waals surface area (Å²) in [5, 5.41) is 13.5. The van der Waals surface area contributed by atoms with Crippen LogP contribution in [0.2, 0.25) is 0 Å². The molecule has 0 aliphatic carbocycles. The Morgan fingerprint density at radius 3 is 2.39 bits per heavy atom. The van der Waals surface area contributed by atoms with Crippen LogP contribution in [0.1, 0.15) is 35.0 Å². The molecule has 7 nitrogen and oxygen atoms in total. The van der Waals surface area contributed by atoms with Gasteiger partial charge in [0.15, 0.2) is 5.76 Å². The number of carbonyl (C=O) groups excluding carboxylic acids is 2. The fourth-order valence-corrected chi connectivity index (χ4v) is 1.20. The fraction of sp³-hybridized carbons (Fsp3) is 0.364. The maximum absolute atomic E-state index is 11.5. The molecule has 1 aromatic rings. The number of rotatable bonds is 5. The molecule has 7 heteroatoms. The molecule has 18 heavy (non-hydrogen) atoms. The molecule has 1 aromatic heterocycles. The summed E-state index contributed by atoms with van der Waals surface area (Å²) in [5.41, 5.74) is 0. The van der Waals surface area contributed by atoms with E-state index in [-0.39, 0.29) is 30.0 Å². The number of furan rings is 1. The lowest BCUT2D eigenvalue weighted by Gasteiger charge is -2.08. The summed E-state index contributed by atoms with van der Waals surface area (Å²) >= 11 is 0. The molecule has 3 N–H and O–H groups in total. The van der Waals surface area contributed by atoms with Crippen molar-refractivity contribution >= 4 is 17.8 Å². The van der Waals surface area contributed by atoms with Crippen molar-refractivity contribution < 1.29 is 23.9 Å². The predicted octanol–water partition coefficient (Wildman–Crippen LogP) is 0.232. The van der Waals surface area contributed by atoms with Gasteiger partial charge in [-0.3, -0.25) is 9.59 Å². The highest BCUT2D eigenvalue weighted by molar-refractivity contribution is 5.95. The number of aromatic carboxylic acids is 1. The summed E-state index contributed by atoms with van der Waals surface area (Å²) in [4.78, 5) is 33.3. The van der Waals surface area contributed by atoms with Crippen molar-refractivity contribution in [3.63, 3.8) is 0 Å². The molecule has 0 aliphatic rings. The first kappa shape index (κ1) is 13.8. The van der Waals surface area contributed by atoms with E-state index >= 15 is 0 Å². The molecule has 0 aromatic carbocycles. The molecule has 2 amide bonds. The number of nitrogens with one attached hydrogen (secondary N) is 2. The molecule has 0 saturated carbocycles. The predicted molar refractivity (Wildman–Crippen MR) is 61.3 cm³/mol. The van der Waals surface area contributed by atoms with E-state index in [1.165, 1.54) is 12.1 Å². The van der Waals surface area contributed by atoms with E-state index < -0.39 is 11.9 Å². The van der Waals surface area contributed by atoms with Gasteiger partial charge in [0.05, 0.1) is 6.54 Å². The Morgan fingerprint density at radius 1 is 1.28 bits per heavy atom. The molecule has 1 rings (SSSR count). The van der Waals surface area contributed by atoms with Crippen molar-refractivity contribution in [2.45, 2.75) is 19.9 Å². The van der Waals surface area contributed by atoms with E-state index in [0.29, 0.717) is 0 Å². The molecule has 0 bridgehead atoms. The largest absolute Gasteiger partial charge is 0.475 e. The van der Waals surface area contributed by atoms with Gasteiger partial charge in [-0.2, -0.15) is 0 Å². The third-order valence-corrected chi connectivity index (χ3v) is 1.90. The quantitative estimate of drug-likeness (QED) is 0.697. The van der Waals surface area contributed by atoms with E-state index in [4.69, 9.17) is 9.52 Å². The summed E-state index contributed by atoms with van der Waals surface area (Å²) in [5.74, 6) is -2.70. The summed E-state index contributed by atoms with van der Waals surface area (Å²) in [6.07, 6.45) is 0. The summed E-state index contributed by atoms with van der Waals surface area (Å²) in [6.45, 7) is 3.40. The number of hydrogen-bond acceptors (Lipinski definition) is 4. The molecule has 0 aliphatic heterocycles. The van der Waals surface area contributed by atoms with Crippen molar-refractivity contribution in [2.75, 3.05) is 6.54 Å². The van der Waals surface area contributed by atoms with Gasteiger partial charge in [0.2, 0.25) is 11.7 Å². The molecule has 98 valence electrons. The Hall–Kier alpha value is -2.31. The standard InChI is InChI=1S/C11H14N2O5/c1-6(2)13-9(14)5-12-10(15)7-3-4-8(18-7)11(16)17/h3-4,6H,5H2,1-2H3,(H,12,15)(H,13,14)(H,16,17). The third kappa shape index (κ3) is 3.93. The van der Waals surface area contributed by atoms with Crippen LogP contribution in [0.5, 0.6) is 0 Å². The SMILES string of the molecule is CC(C)NC(=O)CNC(=O)c1ccc(C(=O)O)o1. The number of amides is 2. The first-order valence-electron chi connectivity index (χ1n) is 5.31. The number of carbonyl (C=O) groups is 3. The number of carboxylic acid groups (broad SMARTS) is 1. The van der Waals surface area contributed by atoms with Gasteiger partial charge in [0.1, 0.15) is 0 Å². The Bertz CT molecular complexity index is 464. The second-order valence-corrected chi connectivity index (χ2v) is 3.87. The van der Waals surface area contributed by atoms with Crippen molar-refractivity contribution in [1.29, 1.82) is 0 Å². The van der Waals surface area contributed by atoms with Gasteiger partial charge in [-0.25, -0.2) is 4.79 Å². The van der Waals surface area contributed by atoms with Gasteiger partial charge in [-0.1, -0.05) is 0 Å². The lowest BCUT2D eigenvalue weighted by atomic mass is 10.3. The van der Waals surface area contributed by atoms with Crippen LogP contribution in [0.4, 0.5) is 0 Å². The maximum Gasteiger partial charge on any atom is 0.371 e. The lowest BCUT2D eigenvalue weighted by molar-refractivity contribution is -0.120. The second-order valence-electron chi connectivity index (χ2n) is 3.87. The van der Waals surface area contributed by atoms with Gasteiger partial charge in [0.25, 0.3) is 5.91 Å². The topological polar surface area (TPSA) is 109 Å². The van der Waals surface area contributed by atoms with E-state index in [2.05, 4.69) is 10.6 Å². The minimum Gasteiger partial charge on any atom is -0.475 e. The fourth-order valence-electron chi connectivity index (χ4n) is 1.20. The van der Waals surface area contributed by atoms with E-state index in [0.717, 1.165) is 0 Å². The Labute approximate surface area is 103 Å². The summed E-state index contributed by atoms with van der Waals surface area (Å²) in [6, 6.07) is 2.39. The number of hydrogen-bond donors (Lipinski definition) is 3.